The van der Waals surface area contributed by atoms with Gasteiger partial charge in [-0.05, 0) is 100.0 Å². The molecule has 1 aliphatic heterocycles. The first-order chi connectivity index (χ1) is 16.0. The van der Waals surface area contributed by atoms with Gasteiger partial charge in [0.1, 0.15) is 4.08 Å². The van der Waals surface area contributed by atoms with Crippen LogP contribution in [0, 0.1) is 6.92 Å². The summed E-state index contributed by atoms with van der Waals surface area (Å²) in [6.45, 7) is 14.1. The molecule has 0 saturated carbocycles. The molecule has 2 aromatic carbocycles. The maximum atomic E-state index is 11.2. The van der Waals surface area contributed by atoms with Gasteiger partial charge in [0.15, 0.2) is 0 Å². The Morgan fingerprint density at radius 1 is 0.971 bits per heavy atom. The molecule has 34 heavy (non-hydrogen) atoms. The highest BCUT2D eigenvalue weighted by Crippen LogP contribution is 2.58. The fourth-order valence-corrected chi connectivity index (χ4v) is 9.30. The Morgan fingerprint density at radius 2 is 1.59 bits per heavy atom. The van der Waals surface area contributed by atoms with Crippen molar-refractivity contribution in [3.8, 4) is 0 Å². The average molecular weight is 495 g/mol. The van der Waals surface area contributed by atoms with Crippen molar-refractivity contribution >= 4 is 35.6 Å². The van der Waals surface area contributed by atoms with Crippen LogP contribution in [0.3, 0.4) is 0 Å². The van der Waals surface area contributed by atoms with E-state index in [1.165, 1.54) is 58.7 Å². The molecule has 2 aliphatic rings. The number of aliphatic carboxylic acids is 1. The monoisotopic (exact) mass is 494 g/mol. The van der Waals surface area contributed by atoms with Gasteiger partial charge in [0.05, 0.1) is 0 Å². The molecule has 4 rings (SSSR count). The van der Waals surface area contributed by atoms with Crippen LogP contribution in [-0.4, -0.2) is 22.6 Å². The normalized spacial score (nSPS) is 20.8. The van der Waals surface area contributed by atoms with E-state index in [1.54, 1.807) is 6.08 Å². The highest BCUT2D eigenvalue weighted by Gasteiger charge is 2.43. The number of thioether (sulfide) groups is 2. The SMILES string of the molecule is CCc1c(C=CC(=O)O)cccc1C1(c2cc3c(cc2C)C(C)(C)CCC3(C)C)SCCCS1. The minimum Gasteiger partial charge on any atom is -0.478 e. The van der Waals surface area contributed by atoms with Crippen molar-refractivity contribution in [1.29, 1.82) is 0 Å². The van der Waals surface area contributed by atoms with Crippen LogP contribution in [0.2, 0.25) is 0 Å². The topological polar surface area (TPSA) is 37.3 Å². The van der Waals surface area contributed by atoms with Crippen LogP contribution in [0.4, 0.5) is 0 Å². The second-order valence-electron chi connectivity index (χ2n) is 11.0. The zero-order chi connectivity index (χ0) is 24.7. The molecule has 2 nitrogen and oxygen atoms in total. The van der Waals surface area contributed by atoms with Crippen LogP contribution in [-0.2, 0) is 26.1 Å². The summed E-state index contributed by atoms with van der Waals surface area (Å²) in [6, 6.07) is 11.5. The standard InChI is InChI=1S/C30H38O2S2/c1-7-22-21(12-13-27(31)32)10-8-11-23(22)30(33-16-9-17-34-30)24-19-26-25(18-20(24)2)28(3,4)14-15-29(26,5)6/h8,10-13,18-19H,7,9,14-17H2,1-6H3,(H,31,32). The van der Waals surface area contributed by atoms with Crippen LogP contribution in [0.15, 0.2) is 36.4 Å². The average Bonchev–Trinajstić information content (AvgIpc) is 2.80. The predicted molar refractivity (Wildman–Crippen MR) is 149 cm³/mol. The number of benzene rings is 2. The molecule has 1 N–H and O–H groups in total. The van der Waals surface area contributed by atoms with Gasteiger partial charge >= 0.3 is 5.97 Å². The third-order valence-electron chi connectivity index (χ3n) is 7.78. The van der Waals surface area contributed by atoms with E-state index in [-0.39, 0.29) is 14.9 Å². The van der Waals surface area contributed by atoms with Crippen LogP contribution < -0.4 is 0 Å². The van der Waals surface area contributed by atoms with Crippen LogP contribution in [0.5, 0.6) is 0 Å². The predicted octanol–water partition coefficient (Wildman–Crippen LogP) is 8.08. The van der Waals surface area contributed by atoms with Gasteiger partial charge in [-0.15, -0.1) is 23.5 Å². The number of hydrogen-bond acceptors (Lipinski definition) is 3. The summed E-state index contributed by atoms with van der Waals surface area (Å²) in [7, 11) is 0. The number of carbonyl (C=O) groups is 1. The number of fused-ring (bicyclic) bond motifs is 1. The van der Waals surface area contributed by atoms with Gasteiger partial charge in [-0.3, -0.25) is 0 Å². The van der Waals surface area contributed by atoms with Gasteiger partial charge in [-0.1, -0.05) is 65.0 Å². The summed E-state index contributed by atoms with van der Waals surface area (Å²) in [5.74, 6) is 1.37. The largest absolute Gasteiger partial charge is 0.478 e. The van der Waals surface area contributed by atoms with E-state index in [9.17, 15) is 9.90 Å². The van der Waals surface area contributed by atoms with Crippen LogP contribution in [0.1, 0.15) is 92.8 Å². The molecule has 0 spiro atoms. The first kappa shape index (κ1) is 25.4. The van der Waals surface area contributed by atoms with Crippen molar-refractivity contribution in [2.24, 2.45) is 0 Å². The number of carboxylic acid groups (broad SMARTS) is 1. The van der Waals surface area contributed by atoms with Gasteiger partial charge in [-0.25, -0.2) is 4.79 Å². The van der Waals surface area contributed by atoms with E-state index in [1.807, 2.05) is 0 Å². The Morgan fingerprint density at radius 3 is 2.18 bits per heavy atom. The first-order valence-corrected chi connectivity index (χ1v) is 14.5. The fourth-order valence-electron chi connectivity index (χ4n) is 5.69. The molecule has 0 unspecified atom stereocenters. The van der Waals surface area contributed by atoms with E-state index in [0.717, 1.165) is 23.5 Å². The molecule has 182 valence electrons. The molecule has 1 aliphatic carbocycles. The lowest BCUT2D eigenvalue weighted by molar-refractivity contribution is -0.131. The Labute approximate surface area is 214 Å². The number of rotatable bonds is 5. The smallest absolute Gasteiger partial charge is 0.328 e. The number of aryl methyl sites for hydroxylation is 1. The Balaban J connectivity index is 1.98. The third kappa shape index (κ3) is 4.48. The van der Waals surface area contributed by atoms with Crippen LogP contribution in [0.25, 0.3) is 6.08 Å². The van der Waals surface area contributed by atoms with Gasteiger partial charge in [0.25, 0.3) is 0 Å². The van der Waals surface area contributed by atoms with Crippen molar-refractivity contribution in [1.82, 2.24) is 0 Å². The molecule has 0 radical (unpaired) electrons. The van der Waals surface area contributed by atoms with Crippen LogP contribution >= 0.6 is 23.5 Å². The van der Waals surface area contributed by atoms with Crippen molar-refractivity contribution in [2.45, 2.75) is 82.1 Å². The quantitative estimate of drug-likeness (QED) is 0.426. The van der Waals surface area contributed by atoms with Gasteiger partial charge in [0, 0.05) is 6.08 Å². The molecule has 0 aromatic heterocycles. The zero-order valence-electron chi connectivity index (χ0n) is 21.5. The summed E-state index contributed by atoms with van der Waals surface area (Å²) >= 11 is 4.13. The van der Waals surface area contributed by atoms with Crippen molar-refractivity contribution < 1.29 is 9.90 Å². The second-order valence-corrected chi connectivity index (χ2v) is 13.9. The lowest BCUT2D eigenvalue weighted by Gasteiger charge is -2.45. The molecule has 0 bridgehead atoms. The van der Waals surface area contributed by atoms with Crippen molar-refractivity contribution in [2.75, 3.05) is 11.5 Å². The molecular formula is C30H38O2S2. The maximum absolute atomic E-state index is 11.2. The molecule has 1 fully saturated rings. The van der Waals surface area contributed by atoms with E-state index in [4.69, 9.17) is 0 Å². The first-order valence-electron chi connectivity index (χ1n) is 12.5. The zero-order valence-corrected chi connectivity index (χ0v) is 23.1. The maximum Gasteiger partial charge on any atom is 0.328 e. The summed E-state index contributed by atoms with van der Waals surface area (Å²) in [6.07, 6.45) is 7.56. The number of hydrogen-bond donors (Lipinski definition) is 1. The summed E-state index contributed by atoms with van der Waals surface area (Å²) in [4.78, 5) is 11.2. The van der Waals surface area contributed by atoms with E-state index in [0.29, 0.717) is 0 Å². The molecule has 0 amide bonds. The van der Waals surface area contributed by atoms with E-state index in [2.05, 4.69) is 95.4 Å². The van der Waals surface area contributed by atoms with Gasteiger partial charge in [-0.2, -0.15) is 0 Å². The van der Waals surface area contributed by atoms with Crippen molar-refractivity contribution in [3.63, 3.8) is 0 Å². The molecule has 2 aromatic rings. The van der Waals surface area contributed by atoms with Crippen molar-refractivity contribution in [3.05, 3.63) is 75.4 Å². The summed E-state index contributed by atoms with van der Waals surface area (Å²) in [5, 5.41) is 9.23. The Bertz CT molecular complexity index is 1120. The molecule has 1 heterocycles. The highest BCUT2D eigenvalue weighted by molar-refractivity contribution is 8.18. The lowest BCUT2D eigenvalue weighted by Crippen LogP contribution is -2.35. The number of carboxylic acids is 1. The van der Waals surface area contributed by atoms with Gasteiger partial charge in [0.2, 0.25) is 0 Å². The third-order valence-corrected chi connectivity index (χ3v) is 11.2. The van der Waals surface area contributed by atoms with E-state index < -0.39 is 5.97 Å². The second kappa shape index (κ2) is 9.43. The van der Waals surface area contributed by atoms with Gasteiger partial charge < -0.3 is 5.11 Å². The Kier molecular flexibility index (Phi) is 7.05. The lowest BCUT2D eigenvalue weighted by atomic mass is 9.62. The Hall–Kier alpha value is -1.65. The highest BCUT2D eigenvalue weighted by atomic mass is 32.2. The molecule has 0 atom stereocenters. The minimum absolute atomic E-state index is 0.165. The fraction of sp³-hybridized carbons (Fsp3) is 0.500. The summed E-state index contributed by atoms with van der Waals surface area (Å²) < 4.78 is -0.173. The minimum atomic E-state index is -0.904. The molecule has 4 heteroatoms. The molecular weight excluding hydrogens is 456 g/mol. The summed E-state index contributed by atoms with van der Waals surface area (Å²) in [5.41, 5.74) is 9.82. The van der Waals surface area contributed by atoms with E-state index >= 15 is 0 Å². The molecule has 1 saturated heterocycles.